The molecule has 2 unspecified atom stereocenters. The van der Waals surface area contributed by atoms with Crippen LogP contribution in [0.15, 0.2) is 85.5 Å². The summed E-state index contributed by atoms with van der Waals surface area (Å²) in [4.78, 5) is 0. The molecule has 4 rings (SSSR count). The molecule has 1 aliphatic heterocycles. The topological polar surface area (TPSA) is 39.7 Å². The van der Waals surface area contributed by atoms with Crippen LogP contribution in [-0.2, 0) is 22.6 Å². The van der Waals surface area contributed by atoms with E-state index < -0.39 is 5.60 Å². The van der Waals surface area contributed by atoms with Crippen molar-refractivity contribution >= 4 is 17.3 Å². The Hall–Kier alpha value is -2.79. The number of fused-ring (bicyclic) bond motifs is 1. The average molecular weight is 464 g/mol. The molecule has 3 aromatic carbocycles. The molecule has 1 N–H and O–H groups in total. The molecule has 2 atom stereocenters. The van der Waals surface area contributed by atoms with E-state index in [9.17, 15) is 0 Å². The third kappa shape index (κ3) is 5.77. The lowest BCUT2D eigenvalue weighted by atomic mass is 9.87. The Morgan fingerprint density at radius 1 is 1.00 bits per heavy atom. The SMILES string of the molecule is C=CCOC1C(OCc2ccccc2)c2cc(NCc3cccc(Cl)c3)ccc2OC1(C)C. The van der Waals surface area contributed by atoms with Gasteiger partial charge in [-0.25, -0.2) is 0 Å². The summed E-state index contributed by atoms with van der Waals surface area (Å²) in [6.45, 7) is 9.44. The van der Waals surface area contributed by atoms with E-state index in [2.05, 4.69) is 30.1 Å². The molecule has 0 saturated carbocycles. The fourth-order valence-corrected chi connectivity index (χ4v) is 4.30. The quantitative estimate of drug-likeness (QED) is 0.348. The van der Waals surface area contributed by atoms with Crippen LogP contribution < -0.4 is 10.1 Å². The van der Waals surface area contributed by atoms with Gasteiger partial charge in [0.15, 0.2) is 0 Å². The van der Waals surface area contributed by atoms with Gasteiger partial charge in [-0.3, -0.25) is 0 Å². The number of rotatable bonds is 9. The van der Waals surface area contributed by atoms with Crippen LogP contribution in [-0.4, -0.2) is 18.3 Å². The largest absolute Gasteiger partial charge is 0.485 e. The molecule has 0 amide bonds. The first-order valence-electron chi connectivity index (χ1n) is 11.2. The van der Waals surface area contributed by atoms with E-state index >= 15 is 0 Å². The van der Waals surface area contributed by atoms with Crippen LogP contribution in [0.4, 0.5) is 5.69 Å². The van der Waals surface area contributed by atoms with Crippen LogP contribution in [0.3, 0.4) is 0 Å². The Labute approximate surface area is 201 Å². The smallest absolute Gasteiger partial charge is 0.132 e. The van der Waals surface area contributed by atoms with Gasteiger partial charge in [0.25, 0.3) is 0 Å². The Bertz CT molecular complexity index is 1080. The maximum absolute atomic E-state index is 6.49. The van der Waals surface area contributed by atoms with Crippen molar-refractivity contribution in [3.05, 3.63) is 107 Å². The second kappa shape index (κ2) is 10.4. The van der Waals surface area contributed by atoms with Crippen molar-refractivity contribution in [2.24, 2.45) is 0 Å². The summed E-state index contributed by atoms with van der Waals surface area (Å²) in [5, 5.41) is 4.21. The Morgan fingerprint density at radius 3 is 2.55 bits per heavy atom. The number of ether oxygens (including phenoxy) is 3. The van der Waals surface area contributed by atoms with Crippen LogP contribution >= 0.6 is 11.6 Å². The minimum atomic E-state index is -0.562. The van der Waals surface area contributed by atoms with Gasteiger partial charge in [-0.2, -0.15) is 0 Å². The second-order valence-electron chi connectivity index (χ2n) is 8.70. The molecule has 0 aromatic heterocycles. The molecule has 3 aromatic rings. The van der Waals surface area contributed by atoms with Crippen LogP contribution in [0.5, 0.6) is 5.75 Å². The first-order chi connectivity index (χ1) is 16.0. The maximum atomic E-state index is 6.49. The van der Waals surface area contributed by atoms with Gasteiger partial charge in [-0.15, -0.1) is 6.58 Å². The third-order valence-corrected chi connectivity index (χ3v) is 5.94. The first-order valence-corrected chi connectivity index (χ1v) is 11.5. The number of nitrogens with one attached hydrogen (secondary N) is 1. The van der Waals surface area contributed by atoms with E-state index in [1.54, 1.807) is 6.08 Å². The first kappa shape index (κ1) is 23.4. The standard InChI is InChI=1S/C28H30ClNO3/c1-4-15-31-27-26(32-19-20-9-6-5-7-10-20)24-17-23(13-14-25(24)33-28(27,2)3)30-18-21-11-8-12-22(29)16-21/h4-14,16-17,26-27,30H,1,15,18-19H2,2-3H3. The Balaban J connectivity index is 1.60. The van der Waals surface area contributed by atoms with Crippen molar-refractivity contribution in [1.29, 1.82) is 0 Å². The molecule has 1 heterocycles. The van der Waals surface area contributed by atoms with Crippen molar-refractivity contribution in [3.8, 4) is 5.75 Å². The van der Waals surface area contributed by atoms with Crippen LogP contribution in [0.25, 0.3) is 0 Å². The fraction of sp³-hybridized carbons (Fsp3) is 0.286. The van der Waals surface area contributed by atoms with Crippen molar-refractivity contribution in [3.63, 3.8) is 0 Å². The van der Waals surface area contributed by atoms with Crippen LogP contribution in [0.1, 0.15) is 36.6 Å². The van der Waals surface area contributed by atoms with E-state index in [-0.39, 0.29) is 12.2 Å². The molecule has 0 fully saturated rings. The van der Waals surface area contributed by atoms with Crippen molar-refractivity contribution in [2.75, 3.05) is 11.9 Å². The Kier molecular flexibility index (Phi) is 7.39. The lowest BCUT2D eigenvalue weighted by molar-refractivity contribution is -0.161. The Morgan fingerprint density at radius 2 is 1.79 bits per heavy atom. The molecular formula is C28H30ClNO3. The monoisotopic (exact) mass is 463 g/mol. The van der Waals surface area contributed by atoms with E-state index in [1.807, 2.05) is 68.4 Å². The van der Waals surface area contributed by atoms with Gasteiger partial charge < -0.3 is 19.5 Å². The fourth-order valence-electron chi connectivity index (χ4n) is 4.09. The van der Waals surface area contributed by atoms with Gasteiger partial charge >= 0.3 is 0 Å². The summed E-state index contributed by atoms with van der Waals surface area (Å²) in [7, 11) is 0. The number of anilines is 1. The molecule has 0 aliphatic carbocycles. The molecule has 4 nitrogen and oxygen atoms in total. The number of hydrogen-bond donors (Lipinski definition) is 1. The highest BCUT2D eigenvalue weighted by molar-refractivity contribution is 6.30. The van der Waals surface area contributed by atoms with E-state index in [1.165, 1.54) is 0 Å². The predicted octanol–water partition coefficient (Wildman–Crippen LogP) is 6.95. The summed E-state index contributed by atoms with van der Waals surface area (Å²) in [5.41, 5.74) is 3.61. The predicted molar refractivity (Wildman–Crippen MR) is 134 cm³/mol. The third-order valence-electron chi connectivity index (χ3n) is 5.70. The highest BCUT2D eigenvalue weighted by atomic mass is 35.5. The summed E-state index contributed by atoms with van der Waals surface area (Å²) >= 11 is 6.13. The average Bonchev–Trinajstić information content (AvgIpc) is 2.81. The highest BCUT2D eigenvalue weighted by Gasteiger charge is 2.45. The van der Waals surface area contributed by atoms with Crippen LogP contribution in [0.2, 0.25) is 5.02 Å². The lowest BCUT2D eigenvalue weighted by Crippen LogP contribution is -2.51. The lowest BCUT2D eigenvalue weighted by Gasteiger charge is -2.44. The minimum absolute atomic E-state index is 0.295. The van der Waals surface area contributed by atoms with Gasteiger partial charge in [-0.1, -0.05) is 60.1 Å². The normalized spacial score (nSPS) is 18.8. The molecule has 5 heteroatoms. The zero-order valence-corrected chi connectivity index (χ0v) is 19.8. The van der Waals surface area contributed by atoms with Gasteiger partial charge in [0.2, 0.25) is 0 Å². The van der Waals surface area contributed by atoms with E-state index in [0.717, 1.165) is 33.1 Å². The van der Waals surface area contributed by atoms with Crippen molar-refractivity contribution in [1.82, 2.24) is 0 Å². The van der Waals surface area contributed by atoms with E-state index in [0.29, 0.717) is 19.8 Å². The highest BCUT2D eigenvalue weighted by Crippen LogP contribution is 2.44. The van der Waals surface area contributed by atoms with Gasteiger partial charge in [0.1, 0.15) is 23.6 Å². The second-order valence-corrected chi connectivity index (χ2v) is 9.14. The molecule has 0 saturated heterocycles. The summed E-state index contributed by atoms with van der Waals surface area (Å²) < 4.78 is 19.0. The van der Waals surface area contributed by atoms with E-state index in [4.69, 9.17) is 25.8 Å². The minimum Gasteiger partial charge on any atom is -0.485 e. The molecule has 0 radical (unpaired) electrons. The van der Waals surface area contributed by atoms with Gasteiger partial charge in [0.05, 0.1) is 13.2 Å². The molecule has 33 heavy (non-hydrogen) atoms. The van der Waals surface area contributed by atoms with Crippen molar-refractivity contribution in [2.45, 2.75) is 44.8 Å². The van der Waals surface area contributed by atoms with Gasteiger partial charge in [0, 0.05) is 22.8 Å². The molecule has 0 bridgehead atoms. The van der Waals surface area contributed by atoms with Crippen LogP contribution in [0, 0.1) is 0 Å². The number of benzene rings is 3. The summed E-state index contributed by atoms with van der Waals surface area (Å²) in [5.74, 6) is 0.810. The van der Waals surface area contributed by atoms with Gasteiger partial charge in [-0.05, 0) is 55.3 Å². The summed E-state index contributed by atoms with van der Waals surface area (Å²) in [6.07, 6.45) is 1.16. The maximum Gasteiger partial charge on any atom is 0.132 e. The molecule has 172 valence electrons. The molecule has 0 spiro atoms. The molecule has 1 aliphatic rings. The zero-order valence-electron chi connectivity index (χ0n) is 19.1. The summed E-state index contributed by atoms with van der Waals surface area (Å²) in [6, 6.07) is 24.1. The zero-order chi connectivity index (χ0) is 23.3. The molecular weight excluding hydrogens is 434 g/mol. The van der Waals surface area contributed by atoms with Crippen molar-refractivity contribution < 1.29 is 14.2 Å². The number of hydrogen-bond acceptors (Lipinski definition) is 4. The number of halogens is 1.